The minimum absolute atomic E-state index is 0.119. The van der Waals surface area contributed by atoms with Crippen molar-refractivity contribution < 1.29 is 8.42 Å². The topological polar surface area (TPSA) is 75.8 Å². The van der Waals surface area contributed by atoms with E-state index < -0.39 is 10.0 Å². The van der Waals surface area contributed by atoms with E-state index in [2.05, 4.69) is 15.6 Å². The van der Waals surface area contributed by atoms with Gasteiger partial charge in [0.2, 0.25) is 0 Å². The number of hydrogen-bond acceptors (Lipinski definition) is 5. The Balaban J connectivity index is 1.88. The van der Waals surface area contributed by atoms with Gasteiger partial charge in [-0.15, -0.1) is 4.40 Å². The lowest BCUT2D eigenvalue weighted by molar-refractivity contribution is 0.295. The van der Waals surface area contributed by atoms with Crippen molar-refractivity contribution in [3.63, 3.8) is 0 Å². The Bertz CT molecular complexity index is 671. The van der Waals surface area contributed by atoms with Crippen LogP contribution in [-0.2, 0) is 10.0 Å². The lowest BCUT2D eigenvalue weighted by atomic mass is 9.95. The van der Waals surface area contributed by atoms with Crippen LogP contribution in [0.4, 0.5) is 0 Å². The number of rotatable bonds is 2. The fraction of sp³-hybridized carbons (Fsp3) is 0.500. The van der Waals surface area contributed by atoms with Crippen LogP contribution in [0, 0.1) is 0 Å². The fourth-order valence-electron chi connectivity index (χ4n) is 2.93. The van der Waals surface area contributed by atoms with Crippen molar-refractivity contribution in [2.24, 2.45) is 10.1 Å². The maximum atomic E-state index is 12.1. The van der Waals surface area contributed by atoms with Crippen LogP contribution >= 0.6 is 11.8 Å². The van der Waals surface area contributed by atoms with E-state index >= 15 is 0 Å². The highest BCUT2D eigenvalue weighted by molar-refractivity contribution is 8.00. The van der Waals surface area contributed by atoms with Crippen molar-refractivity contribution in [2.75, 3.05) is 25.9 Å². The van der Waals surface area contributed by atoms with E-state index in [1.54, 1.807) is 12.1 Å². The molecule has 1 aromatic rings. The molecule has 0 radical (unpaired) electrons. The summed E-state index contributed by atoms with van der Waals surface area (Å²) < 4.78 is 28.3. The van der Waals surface area contributed by atoms with Gasteiger partial charge in [0.15, 0.2) is 5.84 Å². The molecule has 0 unspecified atom stereocenters. The molecule has 0 amide bonds. The summed E-state index contributed by atoms with van der Waals surface area (Å²) in [4.78, 5) is 2.40. The van der Waals surface area contributed by atoms with Gasteiger partial charge in [0.1, 0.15) is 4.90 Å². The van der Waals surface area contributed by atoms with E-state index in [0.717, 1.165) is 31.5 Å². The molecular formula is C14H19N3O2S2. The first-order valence-corrected chi connectivity index (χ1v) is 9.62. The standard InChI is InChI=1S/C14H19N3O2S2/c1-20-14(10-15)6-8-17(9-7-14)13-11-4-2-3-5-12(11)21(18,19)16-13/h2-5H,6-10,15H2,1H3. The van der Waals surface area contributed by atoms with Crippen LogP contribution < -0.4 is 5.73 Å². The monoisotopic (exact) mass is 325 g/mol. The number of piperidine rings is 1. The summed E-state index contributed by atoms with van der Waals surface area (Å²) in [5, 5.41) is 0. The largest absolute Gasteiger partial charge is 0.355 e. The molecule has 2 N–H and O–H groups in total. The third kappa shape index (κ3) is 2.47. The van der Waals surface area contributed by atoms with Crippen molar-refractivity contribution in [1.82, 2.24) is 4.90 Å². The first-order chi connectivity index (χ1) is 10.0. The number of benzene rings is 1. The highest BCUT2D eigenvalue weighted by Gasteiger charge is 2.37. The normalized spacial score (nSPS) is 22.8. The van der Waals surface area contributed by atoms with Crippen LogP contribution in [0.5, 0.6) is 0 Å². The van der Waals surface area contributed by atoms with E-state index in [4.69, 9.17) is 5.73 Å². The molecule has 1 aromatic carbocycles. The molecule has 0 saturated carbocycles. The van der Waals surface area contributed by atoms with Crippen LogP contribution in [0.2, 0.25) is 0 Å². The van der Waals surface area contributed by atoms with E-state index in [9.17, 15) is 8.42 Å². The van der Waals surface area contributed by atoms with E-state index in [-0.39, 0.29) is 4.75 Å². The minimum Gasteiger partial charge on any atom is -0.355 e. The van der Waals surface area contributed by atoms with Gasteiger partial charge < -0.3 is 10.6 Å². The van der Waals surface area contributed by atoms with Gasteiger partial charge in [-0.25, -0.2) is 0 Å². The molecule has 0 aliphatic carbocycles. The lowest BCUT2D eigenvalue weighted by Crippen LogP contribution is -2.48. The number of sulfonamides is 1. The maximum absolute atomic E-state index is 12.1. The zero-order valence-corrected chi connectivity index (χ0v) is 13.6. The van der Waals surface area contributed by atoms with Crippen LogP contribution in [0.25, 0.3) is 0 Å². The average Bonchev–Trinajstić information content (AvgIpc) is 2.80. The Morgan fingerprint density at radius 3 is 2.62 bits per heavy atom. The second-order valence-corrected chi connectivity index (χ2v) is 8.31. The summed E-state index contributed by atoms with van der Waals surface area (Å²) in [6.45, 7) is 2.24. The van der Waals surface area contributed by atoms with Gasteiger partial charge in [0.25, 0.3) is 10.0 Å². The molecule has 5 nitrogen and oxygen atoms in total. The zero-order valence-electron chi connectivity index (χ0n) is 11.9. The molecule has 1 fully saturated rings. The van der Waals surface area contributed by atoms with Gasteiger partial charge in [-0.05, 0) is 31.2 Å². The third-order valence-electron chi connectivity index (χ3n) is 4.39. The molecule has 0 atom stereocenters. The number of hydrogen-bond donors (Lipinski definition) is 1. The number of nitrogens with two attached hydrogens (primary N) is 1. The van der Waals surface area contributed by atoms with E-state index in [1.165, 1.54) is 0 Å². The number of thioether (sulfide) groups is 1. The van der Waals surface area contributed by atoms with Gasteiger partial charge in [0.05, 0.1) is 0 Å². The van der Waals surface area contributed by atoms with Crippen LogP contribution in [0.15, 0.2) is 33.6 Å². The van der Waals surface area contributed by atoms with Gasteiger partial charge in [-0.3, -0.25) is 0 Å². The number of amidine groups is 1. The molecule has 21 heavy (non-hydrogen) atoms. The Kier molecular flexibility index (Phi) is 3.75. The van der Waals surface area contributed by atoms with Crippen molar-refractivity contribution in [3.05, 3.63) is 29.8 Å². The summed E-state index contributed by atoms with van der Waals surface area (Å²) in [7, 11) is -3.53. The SMILES string of the molecule is CSC1(CN)CCN(C2=NS(=O)(=O)c3ccccc32)CC1. The van der Waals surface area contributed by atoms with Crippen molar-refractivity contribution in [2.45, 2.75) is 22.5 Å². The zero-order chi connectivity index (χ0) is 15.1. The highest BCUT2D eigenvalue weighted by Crippen LogP contribution is 2.35. The number of likely N-dealkylation sites (tertiary alicyclic amines) is 1. The van der Waals surface area contributed by atoms with Gasteiger partial charge >= 0.3 is 0 Å². The Morgan fingerprint density at radius 1 is 1.33 bits per heavy atom. The molecule has 0 spiro atoms. The van der Waals surface area contributed by atoms with Gasteiger partial charge in [-0.1, -0.05) is 12.1 Å². The number of fused-ring (bicyclic) bond motifs is 1. The summed E-state index contributed by atoms with van der Waals surface area (Å²) >= 11 is 1.81. The fourth-order valence-corrected chi connectivity index (χ4v) is 4.92. The van der Waals surface area contributed by atoms with Crippen molar-refractivity contribution >= 4 is 27.6 Å². The molecule has 7 heteroatoms. The smallest absolute Gasteiger partial charge is 0.285 e. The van der Waals surface area contributed by atoms with Crippen molar-refractivity contribution in [1.29, 1.82) is 0 Å². The predicted molar refractivity (Wildman–Crippen MR) is 86.3 cm³/mol. The van der Waals surface area contributed by atoms with Crippen LogP contribution in [-0.4, -0.2) is 49.8 Å². The lowest BCUT2D eigenvalue weighted by Gasteiger charge is -2.40. The Hall–Kier alpha value is -1.05. The van der Waals surface area contributed by atoms with Gasteiger partial charge in [0, 0.05) is 29.9 Å². The Morgan fingerprint density at radius 2 is 2.00 bits per heavy atom. The molecule has 114 valence electrons. The van der Waals surface area contributed by atoms with Crippen LogP contribution in [0.1, 0.15) is 18.4 Å². The molecular weight excluding hydrogens is 306 g/mol. The first-order valence-electron chi connectivity index (χ1n) is 6.96. The third-order valence-corrected chi connectivity index (χ3v) is 7.16. The summed E-state index contributed by atoms with van der Waals surface area (Å²) in [5.74, 6) is 0.595. The minimum atomic E-state index is -3.53. The first kappa shape index (κ1) is 14.9. The highest BCUT2D eigenvalue weighted by atomic mass is 32.2. The molecule has 2 aliphatic heterocycles. The average molecular weight is 325 g/mol. The second kappa shape index (κ2) is 5.30. The molecule has 3 rings (SSSR count). The predicted octanol–water partition coefficient (Wildman–Crippen LogP) is 1.29. The van der Waals surface area contributed by atoms with Gasteiger partial charge in [-0.2, -0.15) is 20.2 Å². The van der Waals surface area contributed by atoms with Crippen LogP contribution in [0.3, 0.4) is 0 Å². The Labute approximate surface area is 129 Å². The summed E-state index contributed by atoms with van der Waals surface area (Å²) in [6.07, 6.45) is 3.99. The molecule has 2 heterocycles. The quantitative estimate of drug-likeness (QED) is 0.887. The van der Waals surface area contributed by atoms with E-state index in [1.807, 2.05) is 23.9 Å². The summed E-state index contributed by atoms with van der Waals surface area (Å²) in [6, 6.07) is 7.04. The molecule has 2 aliphatic rings. The van der Waals surface area contributed by atoms with Crippen molar-refractivity contribution in [3.8, 4) is 0 Å². The molecule has 0 bridgehead atoms. The number of nitrogens with zero attached hydrogens (tertiary/aromatic N) is 2. The second-order valence-electron chi connectivity index (χ2n) is 5.46. The molecule has 0 aromatic heterocycles. The molecule has 1 saturated heterocycles. The maximum Gasteiger partial charge on any atom is 0.285 e. The van der Waals surface area contributed by atoms with E-state index in [0.29, 0.717) is 17.3 Å². The summed E-state index contributed by atoms with van der Waals surface area (Å²) in [5.41, 5.74) is 6.63.